The van der Waals surface area contributed by atoms with Gasteiger partial charge in [-0.15, -0.1) is 10.2 Å². The highest BCUT2D eigenvalue weighted by Crippen LogP contribution is 2.22. The first kappa shape index (κ1) is 11.5. The molecular formula is C12H9ClN2O2. The van der Waals surface area contributed by atoms with Gasteiger partial charge in [0.15, 0.2) is 5.15 Å². The van der Waals surface area contributed by atoms with Gasteiger partial charge in [-0.25, -0.2) is 4.79 Å². The number of hydrogen-bond acceptors (Lipinski definition) is 4. The lowest BCUT2D eigenvalue weighted by molar-refractivity contribution is 0.0601. The van der Waals surface area contributed by atoms with E-state index < -0.39 is 5.97 Å². The summed E-state index contributed by atoms with van der Waals surface area (Å²) in [5.74, 6) is -0.486. The van der Waals surface area contributed by atoms with Crippen molar-refractivity contribution < 1.29 is 9.53 Å². The Kier molecular flexibility index (Phi) is 3.35. The number of esters is 1. The number of halogens is 1. The molecule has 0 atom stereocenters. The number of methoxy groups -OCH3 is 1. The Labute approximate surface area is 103 Å². The quantitative estimate of drug-likeness (QED) is 0.767. The number of hydrogen-bond donors (Lipinski definition) is 0. The highest BCUT2D eigenvalue weighted by molar-refractivity contribution is 6.29. The molecule has 0 N–H and O–H groups in total. The molecule has 1 aromatic carbocycles. The summed E-state index contributed by atoms with van der Waals surface area (Å²) in [6, 6.07) is 10.7. The van der Waals surface area contributed by atoms with Crippen molar-refractivity contribution in [2.24, 2.45) is 0 Å². The van der Waals surface area contributed by atoms with Gasteiger partial charge in [-0.05, 0) is 6.07 Å². The largest absolute Gasteiger partial charge is 0.465 e. The third-order valence-electron chi connectivity index (χ3n) is 2.22. The van der Waals surface area contributed by atoms with Crippen LogP contribution in [-0.4, -0.2) is 23.3 Å². The Bertz CT molecular complexity index is 543. The first-order valence-corrected chi connectivity index (χ1v) is 5.27. The van der Waals surface area contributed by atoms with Crippen LogP contribution in [0.1, 0.15) is 10.4 Å². The highest BCUT2D eigenvalue weighted by Gasteiger charge is 2.16. The van der Waals surface area contributed by atoms with E-state index in [9.17, 15) is 4.79 Å². The van der Waals surface area contributed by atoms with Crippen LogP contribution in [0.3, 0.4) is 0 Å². The molecule has 2 aromatic rings. The lowest BCUT2D eigenvalue weighted by atomic mass is 10.1. The standard InChI is InChI=1S/C12H9ClN2O2/c1-17-12(16)9-7-10(13)14-15-11(9)8-5-3-2-4-6-8/h2-7H,1H3. The smallest absolute Gasteiger partial charge is 0.340 e. The number of benzene rings is 1. The summed E-state index contributed by atoms with van der Waals surface area (Å²) in [7, 11) is 1.31. The van der Waals surface area contributed by atoms with Crippen LogP contribution in [0.4, 0.5) is 0 Å². The number of rotatable bonds is 2. The fraction of sp³-hybridized carbons (Fsp3) is 0.0833. The summed E-state index contributed by atoms with van der Waals surface area (Å²) in [5, 5.41) is 7.83. The average Bonchev–Trinajstić information content (AvgIpc) is 2.38. The molecule has 0 amide bonds. The Morgan fingerprint density at radius 2 is 1.94 bits per heavy atom. The van der Waals surface area contributed by atoms with Gasteiger partial charge in [-0.2, -0.15) is 0 Å². The summed E-state index contributed by atoms with van der Waals surface area (Å²) >= 11 is 5.72. The summed E-state index contributed by atoms with van der Waals surface area (Å²) < 4.78 is 4.69. The molecule has 0 saturated heterocycles. The molecule has 0 fully saturated rings. The summed E-state index contributed by atoms with van der Waals surface area (Å²) in [5.41, 5.74) is 1.55. The highest BCUT2D eigenvalue weighted by atomic mass is 35.5. The maximum Gasteiger partial charge on any atom is 0.340 e. The topological polar surface area (TPSA) is 52.1 Å². The molecule has 0 aliphatic rings. The lowest BCUT2D eigenvalue weighted by Crippen LogP contribution is -2.06. The SMILES string of the molecule is COC(=O)c1cc(Cl)nnc1-c1ccccc1. The predicted molar refractivity (Wildman–Crippen MR) is 63.8 cm³/mol. The molecule has 1 aromatic heterocycles. The fourth-order valence-electron chi connectivity index (χ4n) is 1.44. The zero-order valence-corrected chi connectivity index (χ0v) is 9.81. The second-order valence-corrected chi connectivity index (χ2v) is 3.67. The summed E-state index contributed by atoms with van der Waals surface area (Å²) in [6.07, 6.45) is 0. The number of carbonyl (C=O) groups is 1. The zero-order chi connectivity index (χ0) is 12.3. The van der Waals surface area contributed by atoms with Gasteiger partial charge < -0.3 is 4.74 Å². The normalized spacial score (nSPS) is 10.0. The van der Waals surface area contributed by atoms with Gasteiger partial charge in [-0.1, -0.05) is 41.9 Å². The van der Waals surface area contributed by atoms with Crippen molar-refractivity contribution >= 4 is 17.6 Å². The Hall–Kier alpha value is -1.94. The molecule has 2 rings (SSSR count). The van der Waals surface area contributed by atoms with Crippen molar-refractivity contribution in [1.82, 2.24) is 10.2 Å². The van der Waals surface area contributed by atoms with Crippen molar-refractivity contribution in [2.45, 2.75) is 0 Å². The van der Waals surface area contributed by atoms with E-state index >= 15 is 0 Å². The molecule has 0 aliphatic carbocycles. The molecule has 17 heavy (non-hydrogen) atoms. The van der Waals surface area contributed by atoms with Crippen LogP contribution in [0.15, 0.2) is 36.4 Å². The fourth-order valence-corrected chi connectivity index (χ4v) is 1.59. The summed E-state index contributed by atoms with van der Waals surface area (Å²) in [4.78, 5) is 11.6. The molecule has 0 bridgehead atoms. The third kappa shape index (κ3) is 2.42. The number of carbonyl (C=O) groups excluding carboxylic acids is 1. The Balaban J connectivity index is 2.58. The lowest BCUT2D eigenvalue weighted by Gasteiger charge is -2.06. The third-order valence-corrected chi connectivity index (χ3v) is 2.40. The number of ether oxygens (including phenoxy) is 1. The van der Waals surface area contributed by atoms with Gasteiger partial charge in [-0.3, -0.25) is 0 Å². The van der Waals surface area contributed by atoms with E-state index in [4.69, 9.17) is 11.6 Å². The monoisotopic (exact) mass is 248 g/mol. The summed E-state index contributed by atoms with van der Waals surface area (Å²) in [6.45, 7) is 0. The molecule has 0 unspecified atom stereocenters. The van der Waals surface area contributed by atoms with Crippen LogP contribution < -0.4 is 0 Å². The van der Waals surface area contributed by atoms with E-state index in [1.165, 1.54) is 13.2 Å². The molecule has 0 saturated carbocycles. The van der Waals surface area contributed by atoms with Gasteiger partial charge in [0.25, 0.3) is 0 Å². The molecular weight excluding hydrogens is 240 g/mol. The molecule has 4 nitrogen and oxygen atoms in total. The maximum atomic E-state index is 11.6. The molecule has 0 spiro atoms. The first-order chi connectivity index (χ1) is 8.22. The van der Waals surface area contributed by atoms with Crippen LogP contribution >= 0.6 is 11.6 Å². The molecule has 86 valence electrons. The van der Waals surface area contributed by atoms with Crippen LogP contribution in [0.5, 0.6) is 0 Å². The van der Waals surface area contributed by atoms with Gasteiger partial charge in [0.05, 0.1) is 12.7 Å². The van der Waals surface area contributed by atoms with Crippen LogP contribution in [0, 0.1) is 0 Å². The van der Waals surface area contributed by atoms with E-state index in [0.29, 0.717) is 11.3 Å². The van der Waals surface area contributed by atoms with Crippen LogP contribution in [0.2, 0.25) is 5.15 Å². The van der Waals surface area contributed by atoms with E-state index in [1.807, 2.05) is 30.3 Å². The van der Waals surface area contributed by atoms with Crippen molar-refractivity contribution in [3.8, 4) is 11.3 Å². The van der Waals surface area contributed by atoms with Gasteiger partial charge in [0.1, 0.15) is 5.69 Å². The van der Waals surface area contributed by atoms with Gasteiger partial charge in [0, 0.05) is 5.56 Å². The average molecular weight is 249 g/mol. The van der Waals surface area contributed by atoms with Crippen molar-refractivity contribution in [3.05, 3.63) is 47.1 Å². The van der Waals surface area contributed by atoms with Crippen molar-refractivity contribution in [3.63, 3.8) is 0 Å². The van der Waals surface area contributed by atoms with Crippen LogP contribution in [0.25, 0.3) is 11.3 Å². The van der Waals surface area contributed by atoms with Crippen LogP contribution in [-0.2, 0) is 4.74 Å². The van der Waals surface area contributed by atoms with Gasteiger partial charge >= 0.3 is 5.97 Å². The second kappa shape index (κ2) is 4.93. The minimum atomic E-state index is -0.486. The Morgan fingerprint density at radius 1 is 1.24 bits per heavy atom. The van der Waals surface area contributed by atoms with E-state index in [2.05, 4.69) is 14.9 Å². The predicted octanol–water partition coefficient (Wildman–Crippen LogP) is 2.58. The van der Waals surface area contributed by atoms with E-state index in [0.717, 1.165) is 5.56 Å². The molecule has 0 aliphatic heterocycles. The zero-order valence-electron chi connectivity index (χ0n) is 9.05. The number of aromatic nitrogens is 2. The van der Waals surface area contributed by atoms with Crippen molar-refractivity contribution in [2.75, 3.05) is 7.11 Å². The second-order valence-electron chi connectivity index (χ2n) is 3.29. The maximum absolute atomic E-state index is 11.6. The molecule has 0 radical (unpaired) electrons. The van der Waals surface area contributed by atoms with Gasteiger partial charge in [0.2, 0.25) is 0 Å². The Morgan fingerprint density at radius 3 is 2.59 bits per heavy atom. The van der Waals surface area contributed by atoms with E-state index in [-0.39, 0.29) is 5.15 Å². The minimum absolute atomic E-state index is 0.157. The van der Waals surface area contributed by atoms with Crippen molar-refractivity contribution in [1.29, 1.82) is 0 Å². The number of nitrogens with zero attached hydrogens (tertiary/aromatic N) is 2. The molecule has 5 heteroatoms. The first-order valence-electron chi connectivity index (χ1n) is 4.89. The minimum Gasteiger partial charge on any atom is -0.465 e. The van der Waals surface area contributed by atoms with E-state index in [1.54, 1.807) is 0 Å². The molecule has 1 heterocycles.